The number of fused-ring (bicyclic) bond motifs is 4. The number of hydrogen-bond donors (Lipinski definition) is 2. The lowest BCUT2D eigenvalue weighted by atomic mass is 9.93. The molecular weight excluding hydrogens is 556 g/mol. The Labute approximate surface area is 242 Å². The average molecular weight is 579 g/mol. The first-order chi connectivity index (χ1) is 20.8. The molecule has 4 heterocycles. The van der Waals surface area contributed by atoms with Crippen molar-refractivity contribution in [2.75, 3.05) is 7.11 Å². The van der Waals surface area contributed by atoms with Crippen LogP contribution >= 0.6 is 0 Å². The molecule has 2 N–H and O–H groups in total. The van der Waals surface area contributed by atoms with E-state index in [0.29, 0.717) is 56.5 Å². The third-order valence-electron chi connectivity index (χ3n) is 7.46. The smallest absolute Gasteiger partial charge is 0.337 e. The largest absolute Gasteiger partial charge is 0.508 e. The third-order valence-corrected chi connectivity index (χ3v) is 7.46. The Balaban J connectivity index is 1.29. The Bertz CT molecular complexity index is 2170. The number of carbonyl (C=O) groups excluding carboxylic acids is 1. The van der Waals surface area contributed by atoms with Gasteiger partial charge in [-0.2, -0.15) is 0 Å². The molecule has 0 saturated heterocycles. The molecule has 1 atom stereocenters. The van der Waals surface area contributed by atoms with Gasteiger partial charge in [0.2, 0.25) is 0 Å². The Hall–Kier alpha value is -5.77. The second-order valence-electron chi connectivity index (χ2n) is 10.2. The predicted octanol–water partition coefficient (Wildman–Crippen LogP) is 4.70. The normalized spacial score (nSPS) is 15.9. The van der Waals surface area contributed by atoms with Gasteiger partial charge in [0.25, 0.3) is 6.29 Å². The Morgan fingerprint density at radius 3 is 2.42 bits per heavy atom. The zero-order valence-electron chi connectivity index (χ0n) is 22.6. The average Bonchev–Trinajstić information content (AvgIpc) is 2.97. The second kappa shape index (κ2) is 9.95. The van der Waals surface area contributed by atoms with E-state index in [4.69, 9.17) is 23.0 Å². The number of phenolic OH excluding ortho intramolecular Hbond substituents is 2. The Kier molecular flexibility index (Phi) is 6.05. The standard InChI is InChI=1S/C33H22O10/c1-39-31-22-10-16(9-17-13-28(36)40-25-8-6-20(34)15-21(17)25)5-7-26(22)42-33-23(31)12-19(32(38)43-33)11-18-14-29(37)41-27-4-2-3-24(35)30(18)27/h2-8,10,12-15,33-35H,9,11H2,1H3. The fraction of sp³-hybridized carbons (Fsp3) is 0.121. The van der Waals surface area contributed by atoms with Gasteiger partial charge in [0.1, 0.15) is 34.2 Å². The van der Waals surface area contributed by atoms with Gasteiger partial charge in [-0.05, 0) is 71.7 Å². The highest BCUT2D eigenvalue weighted by molar-refractivity contribution is 5.95. The van der Waals surface area contributed by atoms with Crippen LogP contribution in [0.2, 0.25) is 0 Å². The second-order valence-corrected chi connectivity index (χ2v) is 10.2. The van der Waals surface area contributed by atoms with Crippen molar-refractivity contribution in [1.29, 1.82) is 0 Å². The van der Waals surface area contributed by atoms with Crippen molar-refractivity contribution in [3.8, 4) is 17.2 Å². The number of rotatable bonds is 5. The fourth-order valence-corrected chi connectivity index (χ4v) is 5.61. The van der Waals surface area contributed by atoms with Crippen LogP contribution in [0.25, 0.3) is 27.7 Å². The summed E-state index contributed by atoms with van der Waals surface area (Å²) in [5.74, 6) is 0.184. The number of hydrogen-bond acceptors (Lipinski definition) is 10. The maximum absolute atomic E-state index is 13.0. The van der Waals surface area contributed by atoms with Gasteiger partial charge in [-0.3, -0.25) is 0 Å². The van der Waals surface area contributed by atoms with Crippen molar-refractivity contribution in [3.63, 3.8) is 0 Å². The molecule has 0 bridgehead atoms. The van der Waals surface area contributed by atoms with E-state index < -0.39 is 23.5 Å². The predicted molar refractivity (Wildman–Crippen MR) is 154 cm³/mol. The summed E-state index contributed by atoms with van der Waals surface area (Å²) in [5, 5.41) is 21.4. The van der Waals surface area contributed by atoms with Gasteiger partial charge in [0, 0.05) is 29.5 Å². The van der Waals surface area contributed by atoms with E-state index in [0.717, 1.165) is 5.56 Å². The van der Waals surface area contributed by atoms with Gasteiger partial charge in [0.15, 0.2) is 0 Å². The topological polar surface area (TPSA) is 146 Å². The summed E-state index contributed by atoms with van der Waals surface area (Å²) < 4.78 is 28.0. The molecule has 10 nitrogen and oxygen atoms in total. The highest BCUT2D eigenvalue weighted by Gasteiger charge is 2.36. The van der Waals surface area contributed by atoms with Crippen molar-refractivity contribution in [2.24, 2.45) is 0 Å². The monoisotopic (exact) mass is 578 g/mol. The van der Waals surface area contributed by atoms with E-state index in [1.807, 2.05) is 12.1 Å². The Morgan fingerprint density at radius 1 is 0.814 bits per heavy atom. The molecule has 0 spiro atoms. The first-order valence-electron chi connectivity index (χ1n) is 13.3. The van der Waals surface area contributed by atoms with Crippen LogP contribution in [0, 0.1) is 0 Å². The number of carbonyl (C=O) groups is 1. The minimum atomic E-state index is -1.05. The van der Waals surface area contributed by atoms with E-state index in [9.17, 15) is 24.6 Å². The number of aromatic hydroxyl groups is 2. The highest BCUT2D eigenvalue weighted by atomic mass is 16.7. The molecule has 0 amide bonds. The molecule has 0 aliphatic carbocycles. The zero-order chi connectivity index (χ0) is 29.8. The van der Waals surface area contributed by atoms with Gasteiger partial charge < -0.3 is 33.3 Å². The molecule has 2 aromatic heterocycles. The number of phenols is 2. The number of methoxy groups -OCH3 is 1. The Morgan fingerprint density at radius 2 is 1.60 bits per heavy atom. The van der Waals surface area contributed by atoms with Crippen LogP contribution in [-0.2, 0) is 27.1 Å². The molecule has 3 aromatic carbocycles. The molecular formula is C33H22O10. The lowest BCUT2D eigenvalue weighted by molar-refractivity contribution is -0.155. The molecule has 1 unspecified atom stereocenters. The van der Waals surface area contributed by atoms with Crippen molar-refractivity contribution in [1.82, 2.24) is 0 Å². The fourth-order valence-electron chi connectivity index (χ4n) is 5.61. The number of ether oxygens (including phenoxy) is 3. The molecule has 5 aromatic rings. The van der Waals surface area contributed by atoms with E-state index in [2.05, 4.69) is 0 Å². The molecule has 0 fully saturated rings. The maximum atomic E-state index is 13.0. The van der Waals surface area contributed by atoms with E-state index in [1.165, 1.54) is 31.4 Å². The first kappa shape index (κ1) is 26.1. The quantitative estimate of drug-likeness (QED) is 0.222. The minimum absolute atomic E-state index is 0.0187. The molecule has 214 valence electrons. The molecule has 10 heteroatoms. The van der Waals surface area contributed by atoms with E-state index >= 15 is 0 Å². The van der Waals surface area contributed by atoms with Crippen molar-refractivity contribution >= 4 is 33.7 Å². The molecule has 0 saturated carbocycles. The van der Waals surface area contributed by atoms with Crippen molar-refractivity contribution < 1.29 is 38.1 Å². The summed E-state index contributed by atoms with van der Waals surface area (Å²) in [6.07, 6.45) is 0.887. The van der Waals surface area contributed by atoms with Crippen molar-refractivity contribution in [2.45, 2.75) is 19.1 Å². The van der Waals surface area contributed by atoms with E-state index in [1.54, 1.807) is 36.4 Å². The lowest BCUT2D eigenvalue weighted by Crippen LogP contribution is -2.34. The van der Waals surface area contributed by atoms with Gasteiger partial charge >= 0.3 is 17.2 Å². The van der Waals surface area contributed by atoms with Crippen LogP contribution in [0.4, 0.5) is 0 Å². The maximum Gasteiger partial charge on any atom is 0.337 e. The van der Waals surface area contributed by atoms with Crippen LogP contribution in [-0.4, -0.2) is 29.6 Å². The molecule has 2 aliphatic heterocycles. The zero-order valence-corrected chi connectivity index (χ0v) is 22.6. The summed E-state index contributed by atoms with van der Waals surface area (Å²) in [4.78, 5) is 37.4. The van der Waals surface area contributed by atoms with E-state index in [-0.39, 0.29) is 29.1 Å². The summed E-state index contributed by atoms with van der Waals surface area (Å²) >= 11 is 0. The van der Waals surface area contributed by atoms with Crippen LogP contribution in [0.3, 0.4) is 0 Å². The molecule has 2 aliphatic rings. The van der Waals surface area contributed by atoms with Crippen LogP contribution in [0.1, 0.15) is 22.3 Å². The highest BCUT2D eigenvalue weighted by Crippen LogP contribution is 2.41. The summed E-state index contributed by atoms with van der Waals surface area (Å²) in [5.41, 5.74) is 2.63. The summed E-state index contributed by atoms with van der Waals surface area (Å²) in [7, 11) is 1.50. The van der Waals surface area contributed by atoms with Gasteiger partial charge in [-0.1, -0.05) is 12.1 Å². The summed E-state index contributed by atoms with van der Waals surface area (Å²) in [6, 6.07) is 17.2. The third kappa shape index (κ3) is 4.58. The summed E-state index contributed by atoms with van der Waals surface area (Å²) in [6.45, 7) is 0. The first-order valence-corrected chi connectivity index (χ1v) is 13.3. The van der Waals surface area contributed by atoms with Gasteiger partial charge in [0.05, 0.1) is 23.6 Å². The SMILES string of the molecule is COC1=C2C=C(Cc3cc(=O)oc4cccc(O)c34)C(=O)OC2Oc2ccc(Cc3cc(=O)oc4ccc(O)cc34)cc21. The molecule has 43 heavy (non-hydrogen) atoms. The van der Waals surface area contributed by atoms with Crippen LogP contribution in [0.5, 0.6) is 17.2 Å². The van der Waals surface area contributed by atoms with Gasteiger partial charge in [-0.25, -0.2) is 14.4 Å². The number of benzene rings is 3. The van der Waals surface area contributed by atoms with Crippen LogP contribution < -0.4 is 16.0 Å². The molecule has 7 rings (SSSR count). The number of esters is 1. The van der Waals surface area contributed by atoms with Crippen LogP contribution in [0.15, 0.2) is 102 Å². The molecule has 0 radical (unpaired) electrons. The minimum Gasteiger partial charge on any atom is -0.508 e. The lowest BCUT2D eigenvalue weighted by Gasteiger charge is -2.32. The van der Waals surface area contributed by atoms with Crippen molar-refractivity contribution in [3.05, 3.63) is 127 Å². The van der Waals surface area contributed by atoms with Gasteiger partial charge in [-0.15, -0.1) is 0 Å².